The number of hydrogen-bond donors (Lipinski definition) is 3. The number of rotatable bonds is 7. The normalized spacial score (nSPS) is 11.0. The highest BCUT2D eigenvalue weighted by Gasteiger charge is 2.17. The lowest BCUT2D eigenvalue weighted by Gasteiger charge is -2.12. The van der Waals surface area contributed by atoms with E-state index in [2.05, 4.69) is 15.4 Å². The molecule has 3 aromatic rings. The van der Waals surface area contributed by atoms with Gasteiger partial charge in [0.2, 0.25) is 10.0 Å². The van der Waals surface area contributed by atoms with E-state index in [-0.39, 0.29) is 22.9 Å². The highest BCUT2D eigenvalue weighted by Crippen LogP contribution is 2.20. The first kappa shape index (κ1) is 22.2. The Kier molecular flexibility index (Phi) is 6.84. The lowest BCUT2D eigenvalue weighted by Crippen LogP contribution is -2.24. The van der Waals surface area contributed by atoms with Gasteiger partial charge in [0.1, 0.15) is 0 Å². The zero-order valence-electron chi connectivity index (χ0n) is 17.2. The van der Waals surface area contributed by atoms with Crippen LogP contribution in [0.3, 0.4) is 0 Å². The fourth-order valence-corrected chi connectivity index (χ4v) is 4.02. The molecule has 7 nitrogen and oxygen atoms in total. The van der Waals surface area contributed by atoms with Crippen molar-refractivity contribution in [2.24, 2.45) is 0 Å². The molecule has 2 amide bonds. The van der Waals surface area contributed by atoms with Crippen molar-refractivity contribution >= 4 is 33.2 Å². The first-order valence-electron chi connectivity index (χ1n) is 9.68. The van der Waals surface area contributed by atoms with E-state index in [9.17, 15) is 18.0 Å². The monoisotopic (exact) mass is 437 g/mol. The third-order valence-electron chi connectivity index (χ3n) is 4.51. The second-order valence-electron chi connectivity index (χ2n) is 6.83. The van der Waals surface area contributed by atoms with Gasteiger partial charge in [-0.1, -0.05) is 37.3 Å². The summed E-state index contributed by atoms with van der Waals surface area (Å²) in [6.07, 6.45) is 0. The minimum Gasteiger partial charge on any atom is -0.322 e. The van der Waals surface area contributed by atoms with Gasteiger partial charge < -0.3 is 10.6 Å². The summed E-state index contributed by atoms with van der Waals surface area (Å²) < 4.78 is 26.9. The van der Waals surface area contributed by atoms with Crippen molar-refractivity contribution in [1.82, 2.24) is 4.72 Å². The summed E-state index contributed by atoms with van der Waals surface area (Å²) in [6.45, 7) is 3.66. The van der Waals surface area contributed by atoms with E-state index in [0.29, 0.717) is 22.5 Å². The zero-order chi connectivity index (χ0) is 22.4. The van der Waals surface area contributed by atoms with Crippen molar-refractivity contribution < 1.29 is 18.0 Å². The Morgan fingerprint density at radius 1 is 0.806 bits per heavy atom. The summed E-state index contributed by atoms with van der Waals surface area (Å²) in [7, 11) is -3.68. The lowest BCUT2D eigenvalue weighted by molar-refractivity contribution is 0.101. The number of amides is 2. The third-order valence-corrected chi connectivity index (χ3v) is 6.06. The Morgan fingerprint density at radius 3 is 2.10 bits per heavy atom. The van der Waals surface area contributed by atoms with Gasteiger partial charge in [-0.25, -0.2) is 13.1 Å². The van der Waals surface area contributed by atoms with Crippen LogP contribution in [-0.4, -0.2) is 26.8 Å². The standard InChI is InChI=1S/C23H23N3O4S/c1-3-24-31(29,30)20-13-12-16(2)21(15-20)23(28)26-19-11-7-10-18(14-19)25-22(27)17-8-5-4-6-9-17/h4-15,24H,3H2,1-2H3,(H,25,27)(H,26,28). The molecule has 0 bridgehead atoms. The molecule has 0 saturated heterocycles. The molecular formula is C23H23N3O4S. The van der Waals surface area contributed by atoms with Crippen molar-refractivity contribution in [2.45, 2.75) is 18.7 Å². The second-order valence-corrected chi connectivity index (χ2v) is 8.60. The largest absolute Gasteiger partial charge is 0.322 e. The molecule has 3 rings (SSSR count). The molecule has 8 heteroatoms. The lowest BCUT2D eigenvalue weighted by atomic mass is 10.1. The van der Waals surface area contributed by atoms with E-state index >= 15 is 0 Å². The first-order chi connectivity index (χ1) is 14.8. The van der Waals surface area contributed by atoms with E-state index in [1.54, 1.807) is 68.4 Å². The smallest absolute Gasteiger partial charge is 0.255 e. The van der Waals surface area contributed by atoms with Crippen LogP contribution < -0.4 is 15.4 Å². The molecule has 0 saturated carbocycles. The van der Waals surface area contributed by atoms with Gasteiger partial charge in [-0.2, -0.15) is 0 Å². The number of benzene rings is 3. The Morgan fingerprint density at radius 2 is 1.45 bits per heavy atom. The van der Waals surface area contributed by atoms with Crippen LogP contribution in [0.5, 0.6) is 0 Å². The maximum absolute atomic E-state index is 12.8. The van der Waals surface area contributed by atoms with E-state index in [1.807, 2.05) is 6.07 Å². The van der Waals surface area contributed by atoms with Crippen molar-refractivity contribution in [2.75, 3.05) is 17.2 Å². The van der Waals surface area contributed by atoms with E-state index < -0.39 is 15.9 Å². The number of sulfonamides is 1. The average Bonchev–Trinajstić information content (AvgIpc) is 2.74. The molecule has 3 aromatic carbocycles. The van der Waals surface area contributed by atoms with Gasteiger partial charge in [0.15, 0.2) is 0 Å². The van der Waals surface area contributed by atoms with E-state index in [1.165, 1.54) is 12.1 Å². The summed E-state index contributed by atoms with van der Waals surface area (Å²) in [4.78, 5) is 25.2. The zero-order valence-corrected chi connectivity index (χ0v) is 18.0. The Hall–Kier alpha value is -3.49. The highest BCUT2D eigenvalue weighted by atomic mass is 32.2. The average molecular weight is 438 g/mol. The molecule has 0 aliphatic heterocycles. The first-order valence-corrected chi connectivity index (χ1v) is 11.2. The molecule has 0 aromatic heterocycles. The van der Waals surface area contributed by atoms with Crippen LogP contribution in [0.1, 0.15) is 33.2 Å². The Balaban J connectivity index is 1.78. The van der Waals surface area contributed by atoms with Gasteiger partial charge in [0.05, 0.1) is 4.90 Å². The molecule has 0 spiro atoms. The summed E-state index contributed by atoms with van der Waals surface area (Å²) in [5.74, 6) is -0.709. The molecule has 3 N–H and O–H groups in total. The molecule has 0 unspecified atom stereocenters. The summed E-state index contributed by atoms with van der Waals surface area (Å²) >= 11 is 0. The van der Waals surface area contributed by atoms with Crippen LogP contribution in [-0.2, 0) is 10.0 Å². The topological polar surface area (TPSA) is 104 Å². The minimum absolute atomic E-state index is 0.0222. The minimum atomic E-state index is -3.68. The van der Waals surface area contributed by atoms with Crippen LogP contribution in [0.15, 0.2) is 77.7 Å². The quantitative estimate of drug-likeness (QED) is 0.523. The van der Waals surface area contributed by atoms with Gasteiger partial charge in [0.25, 0.3) is 11.8 Å². The predicted octanol–water partition coefficient (Wildman–Crippen LogP) is 3.80. The molecular weight excluding hydrogens is 414 g/mol. The van der Waals surface area contributed by atoms with Crippen molar-refractivity contribution in [3.05, 3.63) is 89.5 Å². The molecule has 0 aliphatic rings. The number of carbonyl (C=O) groups excluding carboxylic acids is 2. The highest BCUT2D eigenvalue weighted by molar-refractivity contribution is 7.89. The van der Waals surface area contributed by atoms with Gasteiger partial charge >= 0.3 is 0 Å². The van der Waals surface area contributed by atoms with Crippen LogP contribution in [0, 0.1) is 6.92 Å². The van der Waals surface area contributed by atoms with Crippen LogP contribution in [0.25, 0.3) is 0 Å². The maximum atomic E-state index is 12.8. The number of aryl methyl sites for hydroxylation is 1. The fraction of sp³-hybridized carbons (Fsp3) is 0.130. The number of nitrogens with one attached hydrogen (secondary N) is 3. The molecule has 31 heavy (non-hydrogen) atoms. The summed E-state index contributed by atoms with van der Waals surface area (Å²) in [5, 5.41) is 5.55. The number of carbonyl (C=O) groups is 2. The summed E-state index contributed by atoms with van der Waals surface area (Å²) in [6, 6.07) is 19.9. The molecule has 0 atom stereocenters. The Bertz CT molecular complexity index is 1210. The van der Waals surface area contributed by atoms with Gasteiger partial charge in [-0.05, 0) is 55.0 Å². The molecule has 0 heterocycles. The van der Waals surface area contributed by atoms with E-state index in [4.69, 9.17) is 0 Å². The van der Waals surface area contributed by atoms with Crippen LogP contribution >= 0.6 is 0 Å². The van der Waals surface area contributed by atoms with Crippen LogP contribution in [0.2, 0.25) is 0 Å². The van der Waals surface area contributed by atoms with Crippen molar-refractivity contribution in [1.29, 1.82) is 0 Å². The number of anilines is 2. The maximum Gasteiger partial charge on any atom is 0.255 e. The molecule has 0 radical (unpaired) electrons. The van der Waals surface area contributed by atoms with Gasteiger partial charge in [-0.15, -0.1) is 0 Å². The second kappa shape index (κ2) is 9.55. The third kappa shape index (κ3) is 5.56. The predicted molar refractivity (Wildman–Crippen MR) is 121 cm³/mol. The molecule has 0 fully saturated rings. The SMILES string of the molecule is CCNS(=O)(=O)c1ccc(C)c(C(=O)Nc2cccc(NC(=O)c3ccccc3)c2)c1. The fourth-order valence-electron chi connectivity index (χ4n) is 2.95. The number of hydrogen-bond acceptors (Lipinski definition) is 4. The molecule has 160 valence electrons. The Labute approximate surface area is 181 Å². The van der Waals surface area contributed by atoms with Crippen LogP contribution in [0.4, 0.5) is 11.4 Å². The van der Waals surface area contributed by atoms with Crippen molar-refractivity contribution in [3.63, 3.8) is 0 Å². The van der Waals surface area contributed by atoms with Crippen molar-refractivity contribution in [3.8, 4) is 0 Å². The molecule has 0 aliphatic carbocycles. The van der Waals surface area contributed by atoms with Gasteiger partial charge in [0, 0.05) is 29.0 Å². The van der Waals surface area contributed by atoms with Gasteiger partial charge in [-0.3, -0.25) is 9.59 Å². The summed E-state index contributed by atoms with van der Waals surface area (Å²) in [5.41, 5.74) is 2.40. The van der Waals surface area contributed by atoms with E-state index in [0.717, 1.165) is 0 Å².